The molecule has 1 saturated heterocycles. The van der Waals surface area contributed by atoms with E-state index in [0.29, 0.717) is 5.92 Å². The van der Waals surface area contributed by atoms with Crippen molar-refractivity contribution in [1.29, 1.82) is 0 Å². The van der Waals surface area contributed by atoms with Gasteiger partial charge in [-0.3, -0.25) is 4.79 Å². The van der Waals surface area contributed by atoms with Crippen LogP contribution in [-0.4, -0.2) is 18.0 Å². The summed E-state index contributed by atoms with van der Waals surface area (Å²) >= 11 is 0. The van der Waals surface area contributed by atoms with E-state index in [-0.39, 0.29) is 18.0 Å². The number of benzene rings is 1. The second-order valence-corrected chi connectivity index (χ2v) is 4.33. The van der Waals surface area contributed by atoms with Crippen LogP contribution < -0.4 is 0 Å². The number of ketones is 1. The fourth-order valence-electron chi connectivity index (χ4n) is 2.21. The molecule has 1 aromatic carbocycles. The Bertz CT molecular complexity index is 354. The molecule has 1 aliphatic heterocycles. The van der Waals surface area contributed by atoms with Crippen LogP contribution in [0.4, 0.5) is 0 Å². The van der Waals surface area contributed by atoms with Gasteiger partial charge in [-0.15, -0.1) is 0 Å². The number of epoxide rings is 1. The quantitative estimate of drug-likeness (QED) is 0.561. The number of ether oxygens (including phenoxy) is 1. The molecule has 2 heteroatoms. The van der Waals surface area contributed by atoms with E-state index in [0.717, 1.165) is 18.4 Å². The maximum Gasteiger partial charge on any atom is 0.194 e. The number of rotatable bonds is 5. The summed E-state index contributed by atoms with van der Waals surface area (Å²) in [6, 6.07) is 9.41. The zero-order valence-electron chi connectivity index (χ0n) is 9.85. The van der Waals surface area contributed by atoms with Crippen LogP contribution in [0.5, 0.6) is 0 Å². The second-order valence-electron chi connectivity index (χ2n) is 4.33. The minimum atomic E-state index is -0.188. The van der Waals surface area contributed by atoms with E-state index in [1.165, 1.54) is 0 Å². The van der Waals surface area contributed by atoms with Gasteiger partial charge in [0.1, 0.15) is 6.10 Å². The van der Waals surface area contributed by atoms with Gasteiger partial charge in [0, 0.05) is 5.56 Å². The van der Waals surface area contributed by atoms with Crippen molar-refractivity contribution < 1.29 is 9.53 Å². The maximum atomic E-state index is 12.0. The highest BCUT2D eigenvalue weighted by Crippen LogP contribution is 2.35. The lowest BCUT2D eigenvalue weighted by Crippen LogP contribution is -2.15. The number of hydrogen-bond donors (Lipinski definition) is 0. The third kappa shape index (κ3) is 2.17. The SMILES string of the molecule is CCC(CC)[C@H]1O[C@H]1C(=O)c1ccccc1. The summed E-state index contributed by atoms with van der Waals surface area (Å²) in [6.45, 7) is 4.31. The Labute approximate surface area is 96.6 Å². The normalized spacial score (nSPS) is 23.4. The van der Waals surface area contributed by atoms with Gasteiger partial charge in [0.2, 0.25) is 0 Å². The van der Waals surface area contributed by atoms with Crippen LogP contribution >= 0.6 is 0 Å². The Balaban J connectivity index is 2.00. The summed E-state index contributed by atoms with van der Waals surface area (Å²) in [7, 11) is 0. The van der Waals surface area contributed by atoms with Gasteiger partial charge in [0.05, 0.1) is 6.10 Å². The number of carbonyl (C=O) groups excluding carboxylic acids is 1. The van der Waals surface area contributed by atoms with Gasteiger partial charge in [-0.05, 0) is 5.92 Å². The molecule has 0 N–H and O–H groups in total. The lowest BCUT2D eigenvalue weighted by atomic mass is 9.94. The topological polar surface area (TPSA) is 29.6 Å². The van der Waals surface area contributed by atoms with Crippen molar-refractivity contribution in [1.82, 2.24) is 0 Å². The standard InChI is InChI=1S/C14H18O2/c1-3-10(4-2)13-14(16-13)12(15)11-8-6-5-7-9-11/h5-10,13-14H,3-4H2,1-2H3/t13-,14+/m1/s1. The van der Waals surface area contributed by atoms with Crippen molar-refractivity contribution in [2.24, 2.45) is 5.92 Å². The first-order chi connectivity index (χ1) is 7.77. The predicted octanol–water partition coefficient (Wildman–Crippen LogP) is 3.07. The summed E-state index contributed by atoms with van der Waals surface area (Å²) in [5, 5.41) is 0. The van der Waals surface area contributed by atoms with Crippen LogP contribution in [-0.2, 0) is 4.74 Å². The summed E-state index contributed by atoms with van der Waals surface area (Å²) in [6.07, 6.45) is 2.13. The molecule has 1 heterocycles. The van der Waals surface area contributed by atoms with E-state index in [1.807, 2.05) is 30.3 Å². The van der Waals surface area contributed by atoms with Crippen molar-refractivity contribution in [2.75, 3.05) is 0 Å². The minimum Gasteiger partial charge on any atom is -0.361 e. The molecule has 2 atom stereocenters. The molecule has 0 saturated carbocycles. The van der Waals surface area contributed by atoms with Gasteiger partial charge in [0.15, 0.2) is 5.78 Å². The summed E-state index contributed by atoms with van der Waals surface area (Å²) in [5.74, 6) is 0.662. The van der Waals surface area contributed by atoms with Gasteiger partial charge in [-0.25, -0.2) is 0 Å². The van der Waals surface area contributed by atoms with E-state index in [4.69, 9.17) is 4.74 Å². The first-order valence-corrected chi connectivity index (χ1v) is 6.02. The molecule has 1 aliphatic rings. The molecular weight excluding hydrogens is 200 g/mol. The maximum absolute atomic E-state index is 12.0. The molecule has 2 nitrogen and oxygen atoms in total. The third-order valence-corrected chi connectivity index (χ3v) is 3.36. The van der Waals surface area contributed by atoms with Crippen molar-refractivity contribution in [3.8, 4) is 0 Å². The van der Waals surface area contributed by atoms with Crippen LogP contribution in [0, 0.1) is 5.92 Å². The Morgan fingerprint density at radius 3 is 2.44 bits per heavy atom. The smallest absolute Gasteiger partial charge is 0.194 e. The molecule has 0 radical (unpaired) electrons. The Hall–Kier alpha value is -1.15. The van der Waals surface area contributed by atoms with E-state index in [1.54, 1.807) is 0 Å². The zero-order valence-corrected chi connectivity index (χ0v) is 9.85. The monoisotopic (exact) mass is 218 g/mol. The number of hydrogen-bond acceptors (Lipinski definition) is 2. The molecule has 1 fully saturated rings. The Kier molecular flexibility index (Phi) is 3.39. The van der Waals surface area contributed by atoms with Crippen LogP contribution in [0.25, 0.3) is 0 Å². The van der Waals surface area contributed by atoms with Crippen molar-refractivity contribution >= 4 is 5.78 Å². The molecule has 0 spiro atoms. The molecule has 2 rings (SSSR count). The first-order valence-electron chi connectivity index (χ1n) is 6.02. The fraction of sp³-hybridized carbons (Fsp3) is 0.500. The average Bonchev–Trinajstić information content (AvgIpc) is 3.11. The van der Waals surface area contributed by atoms with Gasteiger partial charge in [-0.1, -0.05) is 57.0 Å². The number of Topliss-reactive ketones (excluding diaryl/α,β-unsaturated/α-hetero) is 1. The van der Waals surface area contributed by atoms with E-state index in [2.05, 4.69) is 13.8 Å². The Morgan fingerprint density at radius 2 is 1.88 bits per heavy atom. The summed E-state index contributed by atoms with van der Waals surface area (Å²) in [5.41, 5.74) is 0.765. The van der Waals surface area contributed by atoms with Gasteiger partial charge >= 0.3 is 0 Å². The summed E-state index contributed by atoms with van der Waals surface area (Å²) < 4.78 is 5.53. The van der Waals surface area contributed by atoms with Crippen LogP contribution in [0.2, 0.25) is 0 Å². The highest BCUT2D eigenvalue weighted by atomic mass is 16.6. The van der Waals surface area contributed by atoms with Gasteiger partial charge in [-0.2, -0.15) is 0 Å². The third-order valence-electron chi connectivity index (χ3n) is 3.36. The minimum absolute atomic E-state index is 0.137. The van der Waals surface area contributed by atoms with Gasteiger partial charge in [0.25, 0.3) is 0 Å². The van der Waals surface area contributed by atoms with Crippen LogP contribution in [0.3, 0.4) is 0 Å². The van der Waals surface area contributed by atoms with Gasteiger partial charge < -0.3 is 4.74 Å². The predicted molar refractivity (Wildman–Crippen MR) is 63.5 cm³/mol. The van der Waals surface area contributed by atoms with Crippen molar-refractivity contribution in [3.63, 3.8) is 0 Å². The molecule has 0 aliphatic carbocycles. The average molecular weight is 218 g/mol. The largest absolute Gasteiger partial charge is 0.361 e. The molecule has 0 unspecified atom stereocenters. The molecule has 0 aromatic heterocycles. The molecule has 86 valence electrons. The van der Waals surface area contributed by atoms with Crippen LogP contribution in [0.1, 0.15) is 37.0 Å². The second kappa shape index (κ2) is 4.79. The lowest BCUT2D eigenvalue weighted by Gasteiger charge is -2.07. The molecule has 1 aromatic rings. The van der Waals surface area contributed by atoms with Crippen molar-refractivity contribution in [3.05, 3.63) is 35.9 Å². The van der Waals surface area contributed by atoms with E-state index >= 15 is 0 Å². The lowest BCUT2D eigenvalue weighted by molar-refractivity contribution is 0.0953. The first kappa shape index (κ1) is 11.3. The zero-order chi connectivity index (χ0) is 11.5. The highest BCUT2D eigenvalue weighted by molar-refractivity contribution is 6.01. The molecule has 16 heavy (non-hydrogen) atoms. The molecular formula is C14H18O2. The van der Waals surface area contributed by atoms with Crippen LogP contribution in [0.15, 0.2) is 30.3 Å². The van der Waals surface area contributed by atoms with E-state index in [9.17, 15) is 4.79 Å². The Morgan fingerprint density at radius 1 is 1.25 bits per heavy atom. The molecule has 0 bridgehead atoms. The molecule has 0 amide bonds. The number of carbonyl (C=O) groups is 1. The van der Waals surface area contributed by atoms with Crippen molar-refractivity contribution in [2.45, 2.75) is 38.9 Å². The summed E-state index contributed by atoms with van der Waals surface area (Å²) in [4.78, 5) is 12.0. The fourth-order valence-corrected chi connectivity index (χ4v) is 2.21. The van der Waals surface area contributed by atoms with E-state index < -0.39 is 0 Å². The highest BCUT2D eigenvalue weighted by Gasteiger charge is 2.48.